The zero-order chi connectivity index (χ0) is 30.1. The Morgan fingerprint density at radius 2 is 1.21 bits per heavy atom. The second kappa shape index (κ2) is 12.8. The summed E-state index contributed by atoms with van der Waals surface area (Å²) >= 11 is -2.65. The van der Waals surface area contributed by atoms with Crippen LogP contribution in [0.3, 0.4) is 0 Å². The average molecular weight is 713 g/mol. The summed E-state index contributed by atoms with van der Waals surface area (Å²) in [5.74, 6) is 0.285. The van der Waals surface area contributed by atoms with E-state index in [9.17, 15) is 4.39 Å². The topological polar surface area (TPSA) is 0 Å². The molecule has 0 aliphatic heterocycles. The smallest absolute Gasteiger partial charge is 1.00 e. The van der Waals surface area contributed by atoms with Crippen molar-refractivity contribution >= 4 is 11.8 Å². The van der Waals surface area contributed by atoms with Crippen molar-refractivity contribution in [2.45, 2.75) is 89.5 Å². The zero-order valence-corrected chi connectivity index (χ0v) is 32.7. The number of hydrogen-bond acceptors (Lipinski definition) is 0. The number of rotatable bonds is 4. The normalized spacial score (nSPS) is 16.8. The first-order valence-corrected chi connectivity index (χ1v) is 22.7. The molecule has 0 saturated heterocycles. The largest absolute Gasteiger partial charge is 1.00 e. The van der Waals surface area contributed by atoms with Gasteiger partial charge >= 0.3 is 258 Å². The Kier molecular flexibility index (Phi) is 10.7. The molecule has 0 bridgehead atoms. The Balaban J connectivity index is 0.00000253. The Labute approximate surface area is 281 Å². The van der Waals surface area contributed by atoms with Crippen molar-refractivity contribution in [2.24, 2.45) is 5.92 Å². The molecule has 2 aliphatic rings. The zero-order valence-electron chi connectivity index (χ0n) is 27.7. The van der Waals surface area contributed by atoms with Gasteiger partial charge in [0, 0.05) is 0 Å². The molecule has 0 nitrogen and oxygen atoms in total. The third kappa shape index (κ3) is 7.06. The molecule has 3 aromatic carbocycles. The van der Waals surface area contributed by atoms with Crippen LogP contribution in [0.4, 0.5) is 4.39 Å². The molecule has 0 aromatic heterocycles. The quantitative estimate of drug-likeness (QED) is 0.345. The van der Waals surface area contributed by atoms with Gasteiger partial charge < -0.3 is 24.8 Å². The number of benzene rings is 3. The molecule has 228 valence electrons. The van der Waals surface area contributed by atoms with Crippen molar-refractivity contribution in [3.05, 3.63) is 114 Å². The van der Waals surface area contributed by atoms with Gasteiger partial charge in [-0.2, -0.15) is 0 Å². The molecule has 5 heteroatoms. The van der Waals surface area contributed by atoms with Crippen LogP contribution < -0.4 is 24.8 Å². The minimum Gasteiger partial charge on any atom is -1.00 e. The maximum absolute atomic E-state index is 14.0. The summed E-state index contributed by atoms with van der Waals surface area (Å²) in [6.07, 6.45) is 2.60. The van der Waals surface area contributed by atoms with E-state index in [4.69, 9.17) is 0 Å². The van der Waals surface area contributed by atoms with E-state index in [0.29, 0.717) is 9.54 Å². The molecule has 0 heterocycles. The van der Waals surface area contributed by atoms with Gasteiger partial charge in [0.2, 0.25) is 0 Å². The Bertz CT molecular complexity index is 1550. The van der Waals surface area contributed by atoms with Crippen LogP contribution in [-0.2, 0) is 32.1 Å². The van der Waals surface area contributed by atoms with Crippen molar-refractivity contribution < 1.29 is 50.5 Å². The summed E-state index contributed by atoms with van der Waals surface area (Å²) in [6, 6.07) is 21.8. The van der Waals surface area contributed by atoms with Gasteiger partial charge in [0.15, 0.2) is 0 Å². The minimum absolute atomic E-state index is 0. The summed E-state index contributed by atoms with van der Waals surface area (Å²) in [6.45, 7) is 26.2. The van der Waals surface area contributed by atoms with Crippen molar-refractivity contribution in [2.75, 3.05) is 0 Å². The van der Waals surface area contributed by atoms with Gasteiger partial charge in [-0.15, -0.1) is 0 Å². The van der Waals surface area contributed by atoms with Crippen molar-refractivity contribution in [3.8, 4) is 11.1 Å². The molecule has 0 amide bonds. The van der Waals surface area contributed by atoms with Crippen molar-refractivity contribution in [1.29, 1.82) is 0 Å². The van der Waals surface area contributed by atoms with E-state index in [-0.39, 0.29) is 41.5 Å². The fourth-order valence-corrected chi connectivity index (χ4v) is 17.8. The molecule has 43 heavy (non-hydrogen) atoms. The van der Waals surface area contributed by atoms with Gasteiger partial charge in [0.25, 0.3) is 0 Å². The molecule has 1 atom stereocenters. The third-order valence-corrected chi connectivity index (χ3v) is 19.4. The van der Waals surface area contributed by atoms with Crippen LogP contribution in [0.1, 0.15) is 86.8 Å². The average Bonchev–Trinajstić information content (AvgIpc) is 3.35. The standard InChI is InChI=1S/C21H25.C10H17Si.C7H5F.2ClH.Zr/c1-20(2,3)16-7-9-18-14(12-16)11-15-13-17(21(4,5)6)8-10-19(15)18;1-8-6-9(2)10(7-8)11(3,4)5;1-6-2-4-7(8)5-3-6;;;/h7-13H,1-6H3;7-8H,1-5H3;1-5H;2*1H;/q;;;;;+2/p-2. The summed E-state index contributed by atoms with van der Waals surface area (Å²) in [5.41, 5.74) is 11.6. The predicted octanol–water partition coefficient (Wildman–Crippen LogP) is 4.69. The molecular weight excluding hydrogens is 666 g/mol. The predicted molar refractivity (Wildman–Crippen MR) is 176 cm³/mol. The van der Waals surface area contributed by atoms with E-state index < -0.39 is 29.3 Å². The molecule has 2 aliphatic carbocycles. The SMILES string of the molecule is CC1=[C](/[Zr+2](=[CH]\c2ccc(F)cc2)[CH]2c3cc(C(C)(C)C)ccc3-c3ccc(C(C)(C)C)cc32)C(C)C=C1[Si](C)(C)C.[Cl-].[Cl-]. The molecule has 0 spiro atoms. The molecule has 0 N–H and O–H groups in total. The first kappa shape index (κ1) is 36.1. The summed E-state index contributed by atoms with van der Waals surface area (Å²) < 4.78 is 18.8. The van der Waals surface area contributed by atoms with Crippen molar-refractivity contribution in [1.82, 2.24) is 0 Å². The number of halogens is 3. The summed E-state index contributed by atoms with van der Waals surface area (Å²) in [4.78, 5) is 0. The van der Waals surface area contributed by atoms with Gasteiger partial charge in [0.05, 0.1) is 0 Å². The Morgan fingerprint density at radius 1 is 0.744 bits per heavy atom. The maximum atomic E-state index is 14.0. The van der Waals surface area contributed by atoms with Crippen LogP contribution in [0.5, 0.6) is 0 Å². The van der Waals surface area contributed by atoms with Crippen LogP contribution in [0.25, 0.3) is 11.1 Å². The molecule has 0 radical (unpaired) electrons. The van der Waals surface area contributed by atoms with Crippen LogP contribution in [0.15, 0.2) is 80.8 Å². The van der Waals surface area contributed by atoms with Crippen LogP contribution in [-0.4, -0.2) is 11.8 Å². The summed E-state index contributed by atoms with van der Waals surface area (Å²) in [7, 11) is -1.50. The van der Waals surface area contributed by atoms with E-state index in [0.717, 1.165) is 0 Å². The van der Waals surface area contributed by atoms with Gasteiger partial charge in [-0.3, -0.25) is 0 Å². The summed E-state index contributed by atoms with van der Waals surface area (Å²) in [5, 5.41) is 1.64. The van der Waals surface area contributed by atoms with E-state index in [2.05, 4.69) is 121 Å². The second-order valence-corrected chi connectivity index (χ2v) is 26.1. The van der Waals surface area contributed by atoms with Crippen LogP contribution in [0, 0.1) is 11.7 Å². The number of hydrogen-bond donors (Lipinski definition) is 0. The third-order valence-electron chi connectivity index (χ3n) is 9.05. The maximum Gasteiger partial charge on any atom is -1.00 e. The van der Waals surface area contributed by atoms with Gasteiger partial charge in [-0.1, -0.05) is 0 Å². The number of allylic oxidation sites excluding steroid dienone is 4. The number of fused-ring (bicyclic) bond motifs is 3. The first-order chi connectivity index (χ1) is 19.0. The van der Waals surface area contributed by atoms with Crippen molar-refractivity contribution in [3.63, 3.8) is 0 Å². The molecule has 0 saturated carbocycles. The van der Waals surface area contributed by atoms with E-state index in [1.807, 2.05) is 12.1 Å². The first-order valence-electron chi connectivity index (χ1n) is 15.2. The second-order valence-electron chi connectivity index (χ2n) is 15.3. The fourth-order valence-electron chi connectivity index (χ4n) is 6.82. The van der Waals surface area contributed by atoms with Gasteiger partial charge in [-0.05, 0) is 0 Å². The van der Waals surface area contributed by atoms with E-state index in [1.54, 1.807) is 26.2 Å². The molecule has 3 aromatic rings. The van der Waals surface area contributed by atoms with Crippen LogP contribution in [0.2, 0.25) is 19.6 Å². The van der Waals surface area contributed by atoms with E-state index in [1.165, 1.54) is 38.9 Å². The molecule has 5 rings (SSSR count). The Morgan fingerprint density at radius 3 is 1.60 bits per heavy atom. The van der Waals surface area contributed by atoms with Crippen LogP contribution >= 0.6 is 0 Å². The Hall–Kier alpha value is -1.38. The minimum atomic E-state index is -2.65. The monoisotopic (exact) mass is 710 g/mol. The van der Waals surface area contributed by atoms with Gasteiger partial charge in [-0.25, -0.2) is 0 Å². The fraction of sp³-hybridized carbons (Fsp3) is 0.395. The van der Waals surface area contributed by atoms with Gasteiger partial charge in [0.1, 0.15) is 0 Å². The molecule has 0 fully saturated rings. The molecule has 1 unspecified atom stereocenters. The van der Waals surface area contributed by atoms with E-state index >= 15 is 0 Å². The molecular formula is C38H47Cl2FSiZr.